The second kappa shape index (κ2) is 7.06. The Labute approximate surface area is 157 Å². The summed E-state index contributed by atoms with van der Waals surface area (Å²) in [5.74, 6) is -1.07. The zero-order valence-corrected chi connectivity index (χ0v) is 15.3. The summed E-state index contributed by atoms with van der Waals surface area (Å²) in [6, 6.07) is 1.11. The zero-order chi connectivity index (χ0) is 20.6. The highest BCUT2D eigenvalue weighted by Crippen LogP contribution is 2.30. The summed E-state index contributed by atoms with van der Waals surface area (Å²) in [6.07, 6.45) is -1.34. The molecule has 1 N–H and O–H groups in total. The maximum Gasteiger partial charge on any atom is 0.433 e. The van der Waals surface area contributed by atoms with Crippen LogP contribution in [-0.2, 0) is 19.6 Å². The number of hydrogen-bond acceptors (Lipinski definition) is 5. The van der Waals surface area contributed by atoms with Crippen molar-refractivity contribution >= 4 is 17.3 Å². The molecule has 28 heavy (non-hydrogen) atoms. The molecular weight excluding hydrogens is 377 g/mol. The number of amides is 1. The number of nitrogens with one attached hydrogen (secondary N) is 1. The molecule has 0 spiro atoms. The summed E-state index contributed by atoms with van der Waals surface area (Å²) in [5.41, 5.74) is -1.17. The van der Waals surface area contributed by atoms with E-state index in [-0.39, 0.29) is 22.9 Å². The molecule has 8 nitrogen and oxygen atoms in total. The van der Waals surface area contributed by atoms with Crippen LogP contribution in [0.5, 0.6) is 0 Å². The summed E-state index contributed by atoms with van der Waals surface area (Å²) >= 11 is 0. The van der Waals surface area contributed by atoms with Gasteiger partial charge in [0.1, 0.15) is 5.69 Å². The first-order valence-corrected chi connectivity index (χ1v) is 8.41. The maximum atomic E-state index is 13.3. The van der Waals surface area contributed by atoms with E-state index in [1.807, 2.05) is 0 Å². The highest BCUT2D eigenvalue weighted by Gasteiger charge is 2.35. The normalized spacial score (nSPS) is 12.9. The lowest BCUT2D eigenvalue weighted by molar-refractivity contribution is -0.142. The lowest BCUT2D eigenvalue weighted by Gasteiger charge is -2.11. The van der Waals surface area contributed by atoms with Gasteiger partial charge in [0.25, 0.3) is 5.91 Å². The quantitative estimate of drug-likeness (QED) is 0.669. The van der Waals surface area contributed by atoms with Crippen molar-refractivity contribution in [2.24, 2.45) is 7.05 Å². The fraction of sp³-hybridized carbons (Fsp3) is 0.353. The van der Waals surface area contributed by atoms with Gasteiger partial charge < -0.3 is 9.88 Å². The standard InChI is InChI=1S/C17H17F3N6O2/c1-4-10-7-12(17(18,19)20)26-13(23-10)8-11(24-26)16(28)22-9(2)14(27)15-21-5-6-25(15)3/h5-9H,4H2,1-3H3,(H,22,28). The smallest absolute Gasteiger partial charge is 0.341 e. The first kappa shape index (κ1) is 19.5. The minimum absolute atomic E-state index is 0.0973. The molecule has 1 atom stereocenters. The van der Waals surface area contributed by atoms with Crippen LogP contribution in [-0.4, -0.2) is 41.9 Å². The number of carbonyl (C=O) groups is 2. The first-order valence-electron chi connectivity index (χ1n) is 8.41. The van der Waals surface area contributed by atoms with Crippen molar-refractivity contribution < 1.29 is 22.8 Å². The number of aryl methyl sites for hydroxylation is 2. The minimum Gasteiger partial charge on any atom is -0.341 e. The van der Waals surface area contributed by atoms with E-state index in [1.54, 1.807) is 20.2 Å². The van der Waals surface area contributed by atoms with Crippen molar-refractivity contribution in [2.45, 2.75) is 32.5 Å². The third-order valence-electron chi connectivity index (χ3n) is 4.15. The summed E-state index contributed by atoms with van der Waals surface area (Å²) in [4.78, 5) is 32.8. The third kappa shape index (κ3) is 3.59. The number of hydrogen-bond donors (Lipinski definition) is 1. The molecule has 0 fully saturated rings. The molecule has 0 aliphatic rings. The Bertz CT molecular complexity index is 1050. The number of nitrogens with zero attached hydrogens (tertiary/aromatic N) is 5. The van der Waals surface area contributed by atoms with Crippen LogP contribution < -0.4 is 5.32 Å². The van der Waals surface area contributed by atoms with Gasteiger partial charge in [0.15, 0.2) is 17.2 Å². The van der Waals surface area contributed by atoms with Gasteiger partial charge in [0, 0.05) is 31.2 Å². The summed E-state index contributed by atoms with van der Waals surface area (Å²) in [6.45, 7) is 3.13. The van der Waals surface area contributed by atoms with Gasteiger partial charge in [-0.05, 0) is 19.4 Å². The van der Waals surface area contributed by atoms with Gasteiger partial charge in [-0.3, -0.25) is 9.59 Å². The van der Waals surface area contributed by atoms with E-state index in [0.717, 1.165) is 12.1 Å². The van der Waals surface area contributed by atoms with E-state index in [9.17, 15) is 22.8 Å². The number of ketones is 1. The lowest BCUT2D eigenvalue weighted by Crippen LogP contribution is -2.39. The number of carbonyl (C=O) groups excluding carboxylic acids is 2. The van der Waals surface area contributed by atoms with Crippen LogP contribution >= 0.6 is 0 Å². The molecule has 0 saturated heterocycles. The minimum atomic E-state index is -4.66. The van der Waals surface area contributed by atoms with E-state index in [1.165, 1.54) is 17.7 Å². The molecule has 148 valence electrons. The highest BCUT2D eigenvalue weighted by molar-refractivity contribution is 6.02. The predicted octanol–water partition coefficient (Wildman–Crippen LogP) is 2.05. The fourth-order valence-electron chi connectivity index (χ4n) is 2.65. The molecular formula is C17H17F3N6O2. The van der Waals surface area contributed by atoms with Crippen LogP contribution in [0.15, 0.2) is 24.5 Å². The van der Waals surface area contributed by atoms with Gasteiger partial charge in [-0.15, -0.1) is 0 Å². The Balaban J connectivity index is 1.90. The topological polar surface area (TPSA) is 94.2 Å². The van der Waals surface area contributed by atoms with Crippen molar-refractivity contribution in [3.63, 3.8) is 0 Å². The Morgan fingerprint density at radius 3 is 2.57 bits per heavy atom. The molecule has 0 radical (unpaired) electrons. The third-order valence-corrected chi connectivity index (χ3v) is 4.15. The van der Waals surface area contributed by atoms with Crippen LogP contribution in [0.3, 0.4) is 0 Å². The van der Waals surface area contributed by atoms with Crippen molar-refractivity contribution in [1.82, 2.24) is 29.5 Å². The lowest BCUT2D eigenvalue weighted by atomic mass is 10.2. The first-order chi connectivity index (χ1) is 13.1. The van der Waals surface area contributed by atoms with E-state index >= 15 is 0 Å². The molecule has 1 unspecified atom stereocenters. The van der Waals surface area contributed by atoms with E-state index in [4.69, 9.17) is 0 Å². The van der Waals surface area contributed by atoms with Crippen molar-refractivity contribution in [3.8, 4) is 0 Å². The van der Waals surface area contributed by atoms with E-state index in [0.29, 0.717) is 10.9 Å². The number of imidazole rings is 1. The molecule has 0 aliphatic heterocycles. The second-order valence-electron chi connectivity index (χ2n) is 6.20. The van der Waals surface area contributed by atoms with Gasteiger partial charge in [0.2, 0.25) is 5.78 Å². The summed E-state index contributed by atoms with van der Waals surface area (Å²) in [7, 11) is 1.63. The van der Waals surface area contributed by atoms with E-state index in [2.05, 4.69) is 20.4 Å². The van der Waals surface area contributed by atoms with E-state index < -0.39 is 29.6 Å². The fourth-order valence-corrected chi connectivity index (χ4v) is 2.65. The molecule has 0 aliphatic carbocycles. The monoisotopic (exact) mass is 394 g/mol. The average Bonchev–Trinajstić information content (AvgIpc) is 3.24. The maximum absolute atomic E-state index is 13.3. The van der Waals surface area contributed by atoms with Crippen LogP contribution in [0.1, 0.15) is 46.3 Å². The molecule has 3 rings (SSSR count). The number of halogens is 3. The molecule has 11 heteroatoms. The van der Waals surface area contributed by atoms with Gasteiger partial charge in [-0.1, -0.05) is 6.92 Å². The van der Waals surface area contributed by atoms with Gasteiger partial charge in [-0.25, -0.2) is 14.5 Å². The largest absolute Gasteiger partial charge is 0.433 e. The number of aromatic nitrogens is 5. The van der Waals surface area contributed by atoms with Gasteiger partial charge >= 0.3 is 6.18 Å². The number of Topliss-reactive ketones (excluding diaryl/α,β-unsaturated/α-hetero) is 1. The summed E-state index contributed by atoms with van der Waals surface area (Å²) < 4.78 is 42.0. The Morgan fingerprint density at radius 1 is 1.29 bits per heavy atom. The predicted molar refractivity (Wildman–Crippen MR) is 91.8 cm³/mol. The number of rotatable bonds is 5. The number of alkyl halides is 3. The van der Waals surface area contributed by atoms with Crippen LogP contribution in [0.2, 0.25) is 0 Å². The van der Waals surface area contributed by atoms with Crippen molar-refractivity contribution in [2.75, 3.05) is 0 Å². The van der Waals surface area contributed by atoms with Gasteiger partial charge in [0.05, 0.1) is 6.04 Å². The summed E-state index contributed by atoms with van der Waals surface area (Å²) in [5, 5.41) is 6.17. The number of fused-ring (bicyclic) bond motifs is 1. The average molecular weight is 394 g/mol. The Kier molecular flexibility index (Phi) is 4.92. The molecule has 1 amide bonds. The Hall–Kier alpha value is -3.24. The molecule has 3 heterocycles. The molecule has 0 aromatic carbocycles. The van der Waals surface area contributed by atoms with Crippen LogP contribution in [0, 0.1) is 0 Å². The molecule has 3 aromatic rings. The van der Waals surface area contributed by atoms with Crippen LogP contribution in [0.25, 0.3) is 5.65 Å². The molecule has 3 aromatic heterocycles. The molecule has 0 saturated carbocycles. The highest BCUT2D eigenvalue weighted by atomic mass is 19.4. The van der Waals surface area contributed by atoms with Crippen molar-refractivity contribution in [1.29, 1.82) is 0 Å². The molecule has 0 bridgehead atoms. The van der Waals surface area contributed by atoms with Crippen molar-refractivity contribution in [3.05, 3.63) is 47.4 Å². The second-order valence-corrected chi connectivity index (χ2v) is 6.20. The van der Waals surface area contributed by atoms with Gasteiger partial charge in [-0.2, -0.15) is 18.3 Å². The van der Waals surface area contributed by atoms with Crippen LogP contribution in [0.4, 0.5) is 13.2 Å². The SMILES string of the molecule is CCc1cc(C(F)(F)F)n2nc(C(=O)NC(C)C(=O)c3nccn3C)cc2n1. The zero-order valence-electron chi connectivity index (χ0n) is 15.3. The Morgan fingerprint density at radius 2 is 2.00 bits per heavy atom.